The van der Waals surface area contributed by atoms with Crippen molar-refractivity contribution in [3.05, 3.63) is 54.1 Å². The fourth-order valence-corrected chi connectivity index (χ4v) is 2.44. The lowest BCUT2D eigenvalue weighted by Crippen LogP contribution is -2.32. The van der Waals surface area contributed by atoms with E-state index in [9.17, 15) is 9.59 Å². The Labute approximate surface area is 137 Å². The van der Waals surface area contributed by atoms with Crippen LogP contribution in [0, 0.1) is 17.2 Å². The van der Waals surface area contributed by atoms with Crippen molar-refractivity contribution < 1.29 is 14.1 Å². The number of hydrogen-bond donors (Lipinski definition) is 1. The lowest BCUT2D eigenvalue weighted by Gasteiger charge is -2.06. The van der Waals surface area contributed by atoms with Crippen LogP contribution in [0.3, 0.4) is 0 Å². The maximum atomic E-state index is 12.5. The van der Waals surface area contributed by atoms with Gasteiger partial charge in [-0.3, -0.25) is 9.59 Å². The van der Waals surface area contributed by atoms with Crippen LogP contribution in [0.25, 0.3) is 22.2 Å². The molecule has 3 rings (SSSR count). The van der Waals surface area contributed by atoms with Gasteiger partial charge in [-0.05, 0) is 18.2 Å². The number of nitriles is 1. The summed E-state index contributed by atoms with van der Waals surface area (Å²) in [5.74, 6) is -2.03. The Morgan fingerprint density at radius 2 is 1.96 bits per heavy atom. The predicted molar refractivity (Wildman–Crippen MR) is 86.9 cm³/mol. The molecule has 118 valence electrons. The van der Waals surface area contributed by atoms with Gasteiger partial charge in [-0.15, -0.1) is 0 Å². The molecular weight excluding hydrogens is 306 g/mol. The highest BCUT2D eigenvalue weighted by Gasteiger charge is 2.27. The lowest BCUT2D eigenvalue weighted by atomic mass is 9.96. The smallest absolute Gasteiger partial charge is 0.245 e. The summed E-state index contributed by atoms with van der Waals surface area (Å²) in [5.41, 5.74) is 1.68. The number of ketones is 1. The number of Topliss-reactive ketones (excluding diaryl/α,β-unsaturated/α-hetero) is 1. The summed E-state index contributed by atoms with van der Waals surface area (Å²) in [7, 11) is 1.39. The van der Waals surface area contributed by atoms with E-state index in [2.05, 4.69) is 10.5 Å². The van der Waals surface area contributed by atoms with Crippen molar-refractivity contribution in [3.63, 3.8) is 0 Å². The molecular formula is C18H13N3O3. The Morgan fingerprint density at radius 1 is 1.21 bits per heavy atom. The Balaban J connectivity index is 2.07. The quantitative estimate of drug-likeness (QED) is 0.589. The molecule has 0 radical (unpaired) electrons. The fraction of sp³-hybridized carbons (Fsp3) is 0.111. The number of hydrogen-bond acceptors (Lipinski definition) is 5. The minimum atomic E-state index is -1.38. The average molecular weight is 319 g/mol. The monoisotopic (exact) mass is 319 g/mol. The zero-order valence-electron chi connectivity index (χ0n) is 12.8. The third-order valence-corrected chi connectivity index (χ3v) is 3.70. The van der Waals surface area contributed by atoms with Crippen LogP contribution in [-0.2, 0) is 4.79 Å². The van der Waals surface area contributed by atoms with Crippen LogP contribution in [0.5, 0.6) is 0 Å². The summed E-state index contributed by atoms with van der Waals surface area (Å²) in [5, 5.41) is 16.1. The van der Waals surface area contributed by atoms with Gasteiger partial charge in [0, 0.05) is 18.2 Å². The minimum Gasteiger partial charge on any atom is -0.358 e. The van der Waals surface area contributed by atoms with Crippen LogP contribution in [-0.4, -0.2) is 23.9 Å². The van der Waals surface area contributed by atoms with Gasteiger partial charge >= 0.3 is 0 Å². The first-order valence-electron chi connectivity index (χ1n) is 7.26. The highest BCUT2D eigenvalue weighted by atomic mass is 16.5. The predicted octanol–water partition coefficient (Wildman–Crippen LogP) is 2.56. The molecule has 2 aromatic carbocycles. The number of fused-ring (bicyclic) bond motifs is 1. The minimum absolute atomic E-state index is 0.262. The van der Waals surface area contributed by atoms with Crippen molar-refractivity contribution in [2.45, 2.75) is 0 Å². The average Bonchev–Trinajstić information content (AvgIpc) is 3.05. The molecule has 24 heavy (non-hydrogen) atoms. The highest BCUT2D eigenvalue weighted by molar-refractivity contribution is 6.13. The van der Waals surface area contributed by atoms with Gasteiger partial charge in [0.15, 0.2) is 17.5 Å². The normalized spacial score (nSPS) is 11.7. The van der Waals surface area contributed by atoms with E-state index in [1.165, 1.54) is 13.1 Å². The number of carbonyl (C=O) groups excluding carboxylic acids is 2. The van der Waals surface area contributed by atoms with Crippen LogP contribution in [0.4, 0.5) is 0 Å². The molecule has 0 aliphatic heterocycles. The highest BCUT2D eigenvalue weighted by Crippen LogP contribution is 2.29. The number of carbonyl (C=O) groups is 2. The van der Waals surface area contributed by atoms with Crippen molar-refractivity contribution in [1.82, 2.24) is 10.5 Å². The van der Waals surface area contributed by atoms with Gasteiger partial charge in [0.25, 0.3) is 0 Å². The first-order valence-corrected chi connectivity index (χ1v) is 7.26. The second kappa shape index (κ2) is 6.34. The Hall–Kier alpha value is -3.46. The van der Waals surface area contributed by atoms with E-state index in [0.717, 1.165) is 5.56 Å². The fourth-order valence-electron chi connectivity index (χ4n) is 2.44. The van der Waals surface area contributed by atoms with E-state index in [1.807, 2.05) is 30.3 Å². The van der Waals surface area contributed by atoms with Crippen LogP contribution in [0.1, 0.15) is 10.4 Å². The van der Waals surface area contributed by atoms with Crippen LogP contribution >= 0.6 is 0 Å². The van der Waals surface area contributed by atoms with Crippen molar-refractivity contribution in [3.8, 4) is 17.4 Å². The van der Waals surface area contributed by atoms with E-state index < -0.39 is 17.6 Å². The number of benzene rings is 2. The third-order valence-electron chi connectivity index (χ3n) is 3.70. The van der Waals surface area contributed by atoms with Crippen LogP contribution in [0.15, 0.2) is 53.1 Å². The van der Waals surface area contributed by atoms with E-state index in [-0.39, 0.29) is 5.56 Å². The zero-order valence-corrected chi connectivity index (χ0v) is 12.8. The second-order valence-electron chi connectivity index (χ2n) is 5.15. The Kier molecular flexibility index (Phi) is 4.08. The summed E-state index contributed by atoms with van der Waals surface area (Å²) in [6.07, 6.45) is 0. The molecule has 0 aliphatic rings. The van der Waals surface area contributed by atoms with Gasteiger partial charge in [-0.25, -0.2) is 0 Å². The number of nitrogens with zero attached hydrogens (tertiary/aromatic N) is 2. The van der Waals surface area contributed by atoms with Gasteiger partial charge in [-0.1, -0.05) is 35.5 Å². The van der Waals surface area contributed by atoms with Gasteiger partial charge in [0.1, 0.15) is 5.52 Å². The SMILES string of the molecule is CNC(=O)C(C#N)C(=O)c1ccc2noc(-c3ccccc3)c2c1. The van der Waals surface area contributed by atoms with E-state index >= 15 is 0 Å². The number of aromatic nitrogens is 1. The third kappa shape index (κ3) is 2.63. The van der Waals surface area contributed by atoms with Gasteiger partial charge in [0.2, 0.25) is 5.91 Å². The van der Waals surface area contributed by atoms with Crippen molar-refractivity contribution in [2.24, 2.45) is 5.92 Å². The number of amides is 1. The Bertz CT molecular complexity index is 955. The maximum absolute atomic E-state index is 12.5. The molecule has 0 saturated carbocycles. The summed E-state index contributed by atoms with van der Waals surface area (Å²) in [4.78, 5) is 24.1. The molecule has 1 aromatic heterocycles. The molecule has 0 spiro atoms. The van der Waals surface area contributed by atoms with Crippen LogP contribution in [0.2, 0.25) is 0 Å². The first kappa shape index (κ1) is 15.4. The molecule has 0 bridgehead atoms. The molecule has 1 atom stereocenters. The summed E-state index contributed by atoms with van der Waals surface area (Å²) < 4.78 is 5.39. The van der Waals surface area contributed by atoms with E-state index in [0.29, 0.717) is 16.7 Å². The summed E-state index contributed by atoms with van der Waals surface area (Å²) >= 11 is 0. The lowest BCUT2D eigenvalue weighted by molar-refractivity contribution is -0.121. The molecule has 1 unspecified atom stereocenters. The molecule has 0 fully saturated rings. The summed E-state index contributed by atoms with van der Waals surface area (Å²) in [6.45, 7) is 0. The van der Waals surface area contributed by atoms with Gasteiger partial charge < -0.3 is 9.84 Å². The number of rotatable bonds is 4. The molecule has 0 saturated heterocycles. The standard InChI is InChI=1S/C18H13N3O3/c1-20-18(23)14(10-19)16(22)12-7-8-15-13(9-12)17(24-21-15)11-5-3-2-4-6-11/h2-9,14H,1H3,(H,20,23). The van der Waals surface area contributed by atoms with Gasteiger partial charge in [0.05, 0.1) is 11.5 Å². The molecule has 0 aliphatic carbocycles. The molecule has 1 N–H and O–H groups in total. The van der Waals surface area contributed by atoms with Crippen molar-refractivity contribution in [2.75, 3.05) is 7.05 Å². The van der Waals surface area contributed by atoms with E-state index in [1.54, 1.807) is 18.2 Å². The molecule has 6 nitrogen and oxygen atoms in total. The van der Waals surface area contributed by atoms with Crippen molar-refractivity contribution >= 4 is 22.6 Å². The largest absolute Gasteiger partial charge is 0.358 e. The number of nitrogens with one attached hydrogen (secondary N) is 1. The summed E-state index contributed by atoms with van der Waals surface area (Å²) in [6, 6.07) is 15.9. The van der Waals surface area contributed by atoms with E-state index in [4.69, 9.17) is 9.78 Å². The molecule has 1 amide bonds. The molecule has 3 aromatic rings. The second-order valence-corrected chi connectivity index (χ2v) is 5.15. The van der Waals surface area contributed by atoms with Crippen molar-refractivity contribution in [1.29, 1.82) is 5.26 Å². The van der Waals surface area contributed by atoms with Gasteiger partial charge in [-0.2, -0.15) is 5.26 Å². The first-order chi connectivity index (χ1) is 11.7. The zero-order chi connectivity index (χ0) is 17.1. The Morgan fingerprint density at radius 3 is 2.62 bits per heavy atom. The molecule has 6 heteroatoms. The van der Waals surface area contributed by atoms with Crippen LogP contribution < -0.4 is 5.32 Å². The molecule has 1 heterocycles. The maximum Gasteiger partial charge on any atom is 0.245 e. The topological polar surface area (TPSA) is 96.0 Å².